The molecule has 0 aliphatic heterocycles. The zero-order valence-corrected chi connectivity index (χ0v) is 8.14. The van der Waals surface area contributed by atoms with E-state index >= 15 is 0 Å². The molecular weight excluding hydrogens is 164 g/mol. The van der Waals surface area contributed by atoms with Crippen LogP contribution in [0.25, 0.3) is 0 Å². The Kier molecular flexibility index (Phi) is 3.64. The smallest absolute Gasteiger partial charge is 0.132 e. The summed E-state index contributed by atoms with van der Waals surface area (Å²) in [4.78, 5) is 10.2. The van der Waals surface area contributed by atoms with Crippen molar-refractivity contribution in [2.24, 2.45) is 5.73 Å². The zero-order chi connectivity index (χ0) is 9.68. The molecule has 2 N–H and O–H groups in total. The second kappa shape index (κ2) is 4.77. The molecule has 1 aromatic heterocycles. The molecule has 72 valence electrons. The Hall–Kier alpha value is -1.16. The van der Waals surface area contributed by atoms with Gasteiger partial charge in [0.15, 0.2) is 0 Å². The third-order valence-corrected chi connectivity index (χ3v) is 1.85. The Morgan fingerprint density at radius 2 is 2.31 bits per heavy atom. The Balaban J connectivity index is 2.76. The van der Waals surface area contributed by atoms with E-state index in [-0.39, 0.29) is 0 Å². The molecule has 0 bridgehead atoms. The lowest BCUT2D eigenvalue weighted by atomic mass is 10.3. The first-order chi connectivity index (χ1) is 6.25. The summed E-state index contributed by atoms with van der Waals surface area (Å²) in [5.41, 5.74) is 5.52. The van der Waals surface area contributed by atoms with E-state index < -0.39 is 0 Å². The van der Waals surface area contributed by atoms with Crippen molar-refractivity contribution in [2.75, 3.05) is 18.0 Å². The van der Waals surface area contributed by atoms with E-state index in [4.69, 9.17) is 5.73 Å². The first-order valence-electron chi connectivity index (χ1n) is 4.48. The topological polar surface area (TPSA) is 55.0 Å². The molecule has 0 aromatic carbocycles. The monoisotopic (exact) mass is 180 g/mol. The van der Waals surface area contributed by atoms with Crippen molar-refractivity contribution in [3.8, 4) is 0 Å². The first kappa shape index (κ1) is 9.92. The van der Waals surface area contributed by atoms with Crippen LogP contribution in [0.3, 0.4) is 0 Å². The van der Waals surface area contributed by atoms with E-state index in [9.17, 15) is 0 Å². The van der Waals surface area contributed by atoms with Crippen LogP contribution >= 0.6 is 0 Å². The molecule has 1 aromatic rings. The molecule has 0 atom stereocenters. The van der Waals surface area contributed by atoms with Gasteiger partial charge in [0.2, 0.25) is 0 Å². The Bertz CT molecular complexity index is 235. The van der Waals surface area contributed by atoms with Gasteiger partial charge in [0.05, 0.1) is 0 Å². The lowest BCUT2D eigenvalue weighted by Gasteiger charge is -2.26. The fourth-order valence-corrected chi connectivity index (χ4v) is 1.23. The van der Waals surface area contributed by atoms with Crippen LogP contribution in [-0.2, 0) is 0 Å². The van der Waals surface area contributed by atoms with Gasteiger partial charge in [-0.1, -0.05) is 0 Å². The van der Waals surface area contributed by atoms with Crippen molar-refractivity contribution in [1.82, 2.24) is 9.97 Å². The minimum absolute atomic E-state index is 0.415. The number of aromatic nitrogens is 2. The van der Waals surface area contributed by atoms with Crippen LogP contribution in [0.1, 0.15) is 13.8 Å². The van der Waals surface area contributed by atoms with Gasteiger partial charge in [-0.25, -0.2) is 9.97 Å². The summed E-state index contributed by atoms with van der Waals surface area (Å²) >= 11 is 0. The maximum Gasteiger partial charge on any atom is 0.132 e. The van der Waals surface area contributed by atoms with Crippen LogP contribution in [0.15, 0.2) is 18.6 Å². The molecular formula is C9H16N4. The molecule has 0 fully saturated rings. The molecule has 0 radical (unpaired) electrons. The number of nitrogens with two attached hydrogens (primary N) is 1. The van der Waals surface area contributed by atoms with E-state index in [1.807, 2.05) is 6.07 Å². The maximum absolute atomic E-state index is 5.52. The highest BCUT2D eigenvalue weighted by Gasteiger charge is 2.09. The summed E-state index contributed by atoms with van der Waals surface area (Å²) in [5.74, 6) is 0.940. The van der Waals surface area contributed by atoms with Crippen LogP contribution in [0, 0.1) is 0 Å². The van der Waals surface area contributed by atoms with Crippen molar-refractivity contribution in [1.29, 1.82) is 0 Å². The van der Waals surface area contributed by atoms with E-state index in [1.165, 1.54) is 0 Å². The minimum Gasteiger partial charge on any atom is -0.353 e. The summed E-state index contributed by atoms with van der Waals surface area (Å²) in [7, 11) is 0. The number of hydrogen-bond donors (Lipinski definition) is 1. The average Bonchev–Trinajstić information content (AvgIpc) is 2.15. The van der Waals surface area contributed by atoms with Gasteiger partial charge in [0, 0.05) is 25.3 Å². The summed E-state index contributed by atoms with van der Waals surface area (Å²) < 4.78 is 0. The van der Waals surface area contributed by atoms with Crippen molar-refractivity contribution < 1.29 is 0 Å². The van der Waals surface area contributed by atoms with Gasteiger partial charge < -0.3 is 10.6 Å². The third kappa shape index (κ3) is 2.66. The highest BCUT2D eigenvalue weighted by Crippen LogP contribution is 2.10. The van der Waals surface area contributed by atoms with Crippen molar-refractivity contribution in [3.63, 3.8) is 0 Å². The first-order valence-corrected chi connectivity index (χ1v) is 4.48. The van der Waals surface area contributed by atoms with E-state index in [2.05, 4.69) is 28.7 Å². The second-order valence-electron chi connectivity index (χ2n) is 3.14. The highest BCUT2D eigenvalue weighted by atomic mass is 15.2. The lowest BCUT2D eigenvalue weighted by molar-refractivity contribution is 0.673. The number of nitrogens with zero attached hydrogens (tertiary/aromatic N) is 3. The van der Waals surface area contributed by atoms with E-state index in [1.54, 1.807) is 12.5 Å². The van der Waals surface area contributed by atoms with Crippen LogP contribution in [0.4, 0.5) is 5.82 Å². The summed E-state index contributed by atoms with van der Waals surface area (Å²) in [5, 5.41) is 0. The predicted molar refractivity (Wildman–Crippen MR) is 53.6 cm³/mol. The molecule has 4 nitrogen and oxygen atoms in total. The molecule has 0 saturated carbocycles. The summed E-state index contributed by atoms with van der Waals surface area (Å²) in [6, 6.07) is 2.31. The van der Waals surface area contributed by atoms with E-state index in [0.717, 1.165) is 12.4 Å². The number of anilines is 1. The summed E-state index contributed by atoms with van der Waals surface area (Å²) in [6.45, 7) is 5.71. The molecule has 0 aliphatic rings. The number of hydrogen-bond acceptors (Lipinski definition) is 4. The summed E-state index contributed by atoms with van der Waals surface area (Å²) in [6.07, 6.45) is 3.30. The fraction of sp³-hybridized carbons (Fsp3) is 0.556. The quantitative estimate of drug-likeness (QED) is 0.739. The van der Waals surface area contributed by atoms with Gasteiger partial charge in [-0.3, -0.25) is 0 Å². The van der Waals surface area contributed by atoms with Gasteiger partial charge in [-0.05, 0) is 19.9 Å². The molecule has 4 heteroatoms. The van der Waals surface area contributed by atoms with Crippen molar-refractivity contribution in [3.05, 3.63) is 18.6 Å². The minimum atomic E-state index is 0.415. The lowest BCUT2D eigenvalue weighted by Crippen LogP contribution is -2.35. The van der Waals surface area contributed by atoms with Crippen molar-refractivity contribution >= 4 is 5.82 Å². The largest absolute Gasteiger partial charge is 0.353 e. The fourth-order valence-electron chi connectivity index (χ4n) is 1.23. The molecule has 1 rings (SSSR count). The van der Waals surface area contributed by atoms with Gasteiger partial charge in [0.25, 0.3) is 0 Å². The zero-order valence-electron chi connectivity index (χ0n) is 8.14. The van der Waals surface area contributed by atoms with Gasteiger partial charge >= 0.3 is 0 Å². The van der Waals surface area contributed by atoms with Gasteiger partial charge in [-0.2, -0.15) is 0 Å². The molecule has 0 amide bonds. The molecule has 0 aliphatic carbocycles. The normalized spacial score (nSPS) is 10.5. The highest BCUT2D eigenvalue weighted by molar-refractivity contribution is 5.37. The average molecular weight is 180 g/mol. The molecule has 0 saturated heterocycles. The van der Waals surface area contributed by atoms with Crippen LogP contribution in [-0.4, -0.2) is 29.1 Å². The Labute approximate surface area is 78.8 Å². The third-order valence-electron chi connectivity index (χ3n) is 1.85. The molecule has 13 heavy (non-hydrogen) atoms. The van der Waals surface area contributed by atoms with Crippen molar-refractivity contribution in [2.45, 2.75) is 19.9 Å². The standard InChI is InChI=1S/C9H16N4/c1-8(2)13(6-4-10)9-3-5-11-7-12-9/h3,5,7-8H,4,6,10H2,1-2H3. The van der Waals surface area contributed by atoms with Gasteiger partial charge in [-0.15, -0.1) is 0 Å². The van der Waals surface area contributed by atoms with Crippen LogP contribution in [0.2, 0.25) is 0 Å². The Morgan fingerprint density at radius 1 is 1.54 bits per heavy atom. The van der Waals surface area contributed by atoms with Gasteiger partial charge in [0.1, 0.15) is 12.1 Å². The number of rotatable bonds is 4. The molecule has 0 spiro atoms. The predicted octanol–water partition coefficient (Wildman–Crippen LogP) is 0.650. The molecule has 1 heterocycles. The second-order valence-corrected chi connectivity index (χ2v) is 3.14. The van der Waals surface area contributed by atoms with E-state index in [0.29, 0.717) is 12.6 Å². The van der Waals surface area contributed by atoms with Crippen LogP contribution in [0.5, 0.6) is 0 Å². The van der Waals surface area contributed by atoms with Crippen LogP contribution < -0.4 is 10.6 Å². The maximum atomic E-state index is 5.52. The molecule has 0 unspecified atom stereocenters. The SMILES string of the molecule is CC(C)N(CCN)c1ccncn1. The Morgan fingerprint density at radius 3 is 2.77 bits per heavy atom.